The predicted octanol–water partition coefficient (Wildman–Crippen LogP) is 3.81. The van der Waals surface area contributed by atoms with E-state index < -0.39 is 6.61 Å². The minimum absolute atomic E-state index is 0.202. The largest absolute Gasteiger partial charge is 0.435 e. The zero-order chi connectivity index (χ0) is 13.4. The molecule has 0 spiro atoms. The number of hydrogen-bond acceptors (Lipinski definition) is 2. The van der Waals surface area contributed by atoms with Gasteiger partial charge >= 0.3 is 6.61 Å². The van der Waals surface area contributed by atoms with E-state index in [1.807, 2.05) is 0 Å². The lowest BCUT2D eigenvalue weighted by Crippen LogP contribution is -2.15. The minimum atomic E-state index is -2.76. The standard InChI is InChI=1S/C14H21F2NO/c1-11(2)4-3-9-17-10-12-5-7-13(8-6-12)18-14(15)16/h5-8,11,14,17H,3-4,9-10H2,1-2H3. The Hall–Kier alpha value is -1.16. The molecule has 1 rings (SSSR count). The highest BCUT2D eigenvalue weighted by molar-refractivity contribution is 5.27. The fraction of sp³-hybridized carbons (Fsp3) is 0.571. The van der Waals surface area contributed by atoms with Crippen molar-refractivity contribution in [2.75, 3.05) is 6.54 Å². The molecule has 1 aromatic carbocycles. The SMILES string of the molecule is CC(C)CCCNCc1ccc(OC(F)F)cc1. The van der Waals surface area contributed by atoms with E-state index >= 15 is 0 Å². The first-order valence-electron chi connectivity index (χ1n) is 6.32. The minimum Gasteiger partial charge on any atom is -0.435 e. The van der Waals surface area contributed by atoms with Crippen LogP contribution in [0.5, 0.6) is 5.75 Å². The summed E-state index contributed by atoms with van der Waals surface area (Å²) in [5.74, 6) is 0.936. The second-order valence-corrected chi connectivity index (χ2v) is 4.74. The summed E-state index contributed by atoms with van der Waals surface area (Å²) in [5, 5.41) is 3.33. The zero-order valence-electron chi connectivity index (χ0n) is 11.0. The summed E-state index contributed by atoms with van der Waals surface area (Å²) < 4.78 is 28.2. The van der Waals surface area contributed by atoms with Crippen LogP contribution in [0.3, 0.4) is 0 Å². The Balaban J connectivity index is 2.22. The van der Waals surface area contributed by atoms with Crippen LogP contribution in [-0.4, -0.2) is 13.2 Å². The zero-order valence-corrected chi connectivity index (χ0v) is 11.0. The molecule has 1 N–H and O–H groups in total. The average Bonchev–Trinajstić information content (AvgIpc) is 2.30. The van der Waals surface area contributed by atoms with Crippen molar-refractivity contribution in [2.24, 2.45) is 5.92 Å². The highest BCUT2D eigenvalue weighted by Gasteiger charge is 2.03. The molecule has 18 heavy (non-hydrogen) atoms. The van der Waals surface area contributed by atoms with Gasteiger partial charge in [-0.2, -0.15) is 8.78 Å². The van der Waals surface area contributed by atoms with Crippen LogP contribution < -0.4 is 10.1 Å². The first kappa shape index (κ1) is 14.9. The predicted molar refractivity (Wildman–Crippen MR) is 68.9 cm³/mol. The van der Waals surface area contributed by atoms with Crippen LogP contribution in [0.25, 0.3) is 0 Å². The molecule has 2 nitrogen and oxygen atoms in total. The van der Waals surface area contributed by atoms with E-state index in [1.54, 1.807) is 24.3 Å². The Kier molecular flexibility index (Phi) is 6.65. The van der Waals surface area contributed by atoms with Gasteiger partial charge in [0.15, 0.2) is 0 Å². The van der Waals surface area contributed by atoms with Gasteiger partial charge in [0.2, 0.25) is 0 Å². The third-order valence-electron chi connectivity index (χ3n) is 2.61. The molecular formula is C14H21F2NO. The van der Waals surface area contributed by atoms with E-state index in [9.17, 15) is 8.78 Å². The van der Waals surface area contributed by atoms with Gasteiger partial charge in [-0.05, 0) is 43.0 Å². The summed E-state index contributed by atoms with van der Waals surface area (Å²) in [6, 6.07) is 6.73. The van der Waals surface area contributed by atoms with E-state index in [4.69, 9.17) is 0 Å². The van der Waals surface area contributed by atoms with Gasteiger partial charge in [-0.15, -0.1) is 0 Å². The van der Waals surface area contributed by atoms with Gasteiger partial charge in [0, 0.05) is 6.54 Å². The lowest BCUT2D eigenvalue weighted by Gasteiger charge is -2.08. The van der Waals surface area contributed by atoms with Crippen molar-refractivity contribution in [2.45, 2.75) is 39.8 Å². The Labute approximate surface area is 107 Å². The Morgan fingerprint density at radius 1 is 1.17 bits per heavy atom. The third-order valence-corrected chi connectivity index (χ3v) is 2.61. The van der Waals surface area contributed by atoms with Gasteiger partial charge in [-0.3, -0.25) is 0 Å². The Morgan fingerprint density at radius 2 is 1.83 bits per heavy atom. The normalized spacial score (nSPS) is 11.2. The first-order chi connectivity index (χ1) is 8.58. The molecule has 102 valence electrons. The molecule has 4 heteroatoms. The molecule has 0 saturated heterocycles. The van der Waals surface area contributed by atoms with Crippen molar-refractivity contribution in [1.29, 1.82) is 0 Å². The van der Waals surface area contributed by atoms with E-state index in [2.05, 4.69) is 23.9 Å². The van der Waals surface area contributed by atoms with Crippen molar-refractivity contribution < 1.29 is 13.5 Å². The molecule has 0 aliphatic heterocycles. The quantitative estimate of drug-likeness (QED) is 0.715. The molecule has 0 aromatic heterocycles. The van der Waals surface area contributed by atoms with Crippen molar-refractivity contribution >= 4 is 0 Å². The van der Waals surface area contributed by atoms with Crippen molar-refractivity contribution in [3.8, 4) is 5.75 Å². The molecule has 0 aliphatic rings. The maximum atomic E-state index is 11.9. The lowest BCUT2D eigenvalue weighted by atomic mass is 10.1. The number of alkyl halides is 2. The Morgan fingerprint density at radius 3 is 2.39 bits per heavy atom. The van der Waals surface area contributed by atoms with Crippen molar-refractivity contribution in [3.63, 3.8) is 0 Å². The van der Waals surface area contributed by atoms with Gasteiger partial charge in [-0.25, -0.2) is 0 Å². The molecule has 0 saturated carbocycles. The average molecular weight is 257 g/mol. The number of ether oxygens (including phenoxy) is 1. The van der Waals surface area contributed by atoms with Crippen LogP contribution in [0.4, 0.5) is 8.78 Å². The molecular weight excluding hydrogens is 236 g/mol. The molecule has 0 bridgehead atoms. The second-order valence-electron chi connectivity index (χ2n) is 4.74. The van der Waals surface area contributed by atoms with E-state index in [0.29, 0.717) is 0 Å². The molecule has 0 atom stereocenters. The monoisotopic (exact) mass is 257 g/mol. The number of halogens is 2. The highest BCUT2D eigenvalue weighted by atomic mass is 19.3. The number of benzene rings is 1. The van der Waals surface area contributed by atoms with Crippen LogP contribution >= 0.6 is 0 Å². The van der Waals surface area contributed by atoms with Crippen molar-refractivity contribution in [3.05, 3.63) is 29.8 Å². The summed E-state index contributed by atoms with van der Waals surface area (Å²) in [5.41, 5.74) is 1.07. The Bertz CT molecular complexity index is 325. The summed E-state index contributed by atoms with van der Waals surface area (Å²) in [7, 11) is 0. The van der Waals surface area contributed by atoms with Crippen LogP contribution in [0.1, 0.15) is 32.3 Å². The van der Waals surface area contributed by atoms with Crippen LogP contribution in [0.15, 0.2) is 24.3 Å². The van der Waals surface area contributed by atoms with Crippen molar-refractivity contribution in [1.82, 2.24) is 5.32 Å². The summed E-state index contributed by atoms with van der Waals surface area (Å²) in [6.07, 6.45) is 2.37. The van der Waals surface area contributed by atoms with Gasteiger partial charge < -0.3 is 10.1 Å². The molecule has 0 unspecified atom stereocenters. The third kappa shape index (κ3) is 6.55. The fourth-order valence-corrected chi connectivity index (χ4v) is 1.66. The van der Waals surface area contributed by atoms with E-state index in [-0.39, 0.29) is 5.75 Å². The van der Waals surface area contributed by atoms with Crippen LogP contribution in [0, 0.1) is 5.92 Å². The van der Waals surface area contributed by atoms with Gasteiger partial charge in [0.25, 0.3) is 0 Å². The summed E-state index contributed by atoms with van der Waals surface area (Å²) in [4.78, 5) is 0. The molecule has 0 aliphatic carbocycles. The van der Waals surface area contributed by atoms with Crippen LogP contribution in [-0.2, 0) is 6.54 Å². The lowest BCUT2D eigenvalue weighted by molar-refractivity contribution is -0.0498. The summed E-state index contributed by atoms with van der Waals surface area (Å²) in [6.45, 7) is 3.40. The smallest absolute Gasteiger partial charge is 0.387 e. The molecule has 0 radical (unpaired) electrons. The van der Waals surface area contributed by atoms with E-state index in [1.165, 1.54) is 6.42 Å². The van der Waals surface area contributed by atoms with Crippen LogP contribution in [0.2, 0.25) is 0 Å². The van der Waals surface area contributed by atoms with E-state index in [0.717, 1.165) is 31.0 Å². The second kappa shape index (κ2) is 8.03. The molecule has 0 amide bonds. The van der Waals surface area contributed by atoms with Gasteiger partial charge in [-0.1, -0.05) is 26.0 Å². The fourth-order valence-electron chi connectivity index (χ4n) is 1.66. The number of hydrogen-bond donors (Lipinski definition) is 1. The topological polar surface area (TPSA) is 21.3 Å². The highest BCUT2D eigenvalue weighted by Crippen LogP contribution is 2.14. The maximum Gasteiger partial charge on any atom is 0.387 e. The molecule has 0 heterocycles. The molecule has 1 aromatic rings. The number of rotatable bonds is 8. The van der Waals surface area contributed by atoms with Gasteiger partial charge in [0.05, 0.1) is 0 Å². The first-order valence-corrected chi connectivity index (χ1v) is 6.32. The maximum absolute atomic E-state index is 11.9. The molecule has 0 fully saturated rings. The number of nitrogens with one attached hydrogen (secondary N) is 1. The van der Waals surface area contributed by atoms with Gasteiger partial charge in [0.1, 0.15) is 5.75 Å². The summed E-state index contributed by atoms with van der Waals surface area (Å²) >= 11 is 0.